The highest BCUT2D eigenvalue weighted by molar-refractivity contribution is 6.44. The quantitative estimate of drug-likeness (QED) is 0.461. The Morgan fingerprint density at radius 3 is 2.59 bits per heavy atom. The van der Waals surface area contributed by atoms with Gasteiger partial charge in [-0.3, -0.25) is 9.48 Å². The molecule has 32 heavy (non-hydrogen) atoms. The number of aliphatic hydroxyl groups is 1. The first-order valence-electron chi connectivity index (χ1n) is 10.6. The van der Waals surface area contributed by atoms with Crippen LogP contribution < -0.4 is 5.32 Å². The molecule has 0 spiro atoms. The number of hydrogen-bond acceptors (Lipinski definition) is 4. The number of benzene rings is 2. The summed E-state index contributed by atoms with van der Waals surface area (Å²) in [5, 5.41) is 19.7. The van der Waals surface area contributed by atoms with E-state index in [1.165, 1.54) is 0 Å². The molecule has 0 saturated heterocycles. The lowest BCUT2D eigenvalue weighted by atomic mass is 9.87. The number of nitrogens with zero attached hydrogens (tertiary/aromatic N) is 2. The van der Waals surface area contributed by atoms with Crippen molar-refractivity contribution in [2.45, 2.75) is 51.2 Å². The van der Waals surface area contributed by atoms with Crippen molar-refractivity contribution in [3.63, 3.8) is 0 Å². The largest absolute Gasteiger partial charge is 0.386 e. The number of rotatable bonds is 5. The van der Waals surface area contributed by atoms with Crippen molar-refractivity contribution >= 4 is 52.0 Å². The Bertz CT molecular complexity index is 1180. The van der Waals surface area contributed by atoms with Gasteiger partial charge in [-0.15, -0.1) is 0 Å². The fourth-order valence-corrected chi connectivity index (χ4v) is 4.64. The van der Waals surface area contributed by atoms with Crippen LogP contribution in [-0.4, -0.2) is 27.1 Å². The molecule has 0 aliphatic heterocycles. The van der Waals surface area contributed by atoms with Gasteiger partial charge in [-0.05, 0) is 63.8 Å². The smallest absolute Gasteiger partial charge is 0.257 e. The van der Waals surface area contributed by atoms with E-state index in [0.717, 1.165) is 42.9 Å². The van der Waals surface area contributed by atoms with E-state index >= 15 is 0 Å². The van der Waals surface area contributed by atoms with E-state index in [1.54, 1.807) is 38.1 Å². The molecule has 4 rings (SSSR count). The molecule has 1 aliphatic carbocycles. The molecule has 0 radical (unpaired) electrons. The normalized spacial score (nSPS) is 19.2. The molecule has 0 unspecified atom stereocenters. The highest BCUT2D eigenvalue weighted by atomic mass is 35.5. The van der Waals surface area contributed by atoms with Crippen LogP contribution in [-0.2, 0) is 10.4 Å². The first kappa shape index (κ1) is 22.8. The fraction of sp³-hybridized carbons (Fsp3) is 0.375. The van der Waals surface area contributed by atoms with Crippen molar-refractivity contribution in [3.05, 3.63) is 57.7 Å². The van der Waals surface area contributed by atoms with Gasteiger partial charge in [0.1, 0.15) is 6.29 Å². The Kier molecular flexibility index (Phi) is 6.30. The number of aromatic nitrogens is 2. The summed E-state index contributed by atoms with van der Waals surface area (Å²) in [6.45, 7) is 3.32. The Morgan fingerprint density at radius 1 is 1.22 bits per heavy atom. The van der Waals surface area contributed by atoms with Crippen LogP contribution in [0.2, 0.25) is 10.0 Å². The SMILES string of the molecule is CC(C)(O)c1cc2nn(C3CCC(C=O)CC3)cc2cc1NC(=O)c1cccc(Cl)c1Cl. The van der Waals surface area contributed by atoms with Crippen LogP contribution in [0.5, 0.6) is 0 Å². The summed E-state index contributed by atoms with van der Waals surface area (Å²) in [5.41, 5.74) is 0.810. The maximum absolute atomic E-state index is 12.9. The zero-order valence-electron chi connectivity index (χ0n) is 17.9. The van der Waals surface area contributed by atoms with Crippen molar-refractivity contribution in [1.29, 1.82) is 0 Å². The van der Waals surface area contributed by atoms with Gasteiger partial charge in [0.25, 0.3) is 5.91 Å². The Balaban J connectivity index is 1.69. The molecule has 1 fully saturated rings. The molecule has 0 atom stereocenters. The lowest BCUT2D eigenvalue weighted by Crippen LogP contribution is -2.21. The van der Waals surface area contributed by atoms with Crippen LogP contribution in [0.25, 0.3) is 10.9 Å². The van der Waals surface area contributed by atoms with E-state index in [4.69, 9.17) is 28.3 Å². The summed E-state index contributed by atoms with van der Waals surface area (Å²) in [5.74, 6) is -0.278. The number of anilines is 1. The molecule has 0 bridgehead atoms. The van der Waals surface area contributed by atoms with Crippen LogP contribution in [0.1, 0.15) is 61.5 Å². The van der Waals surface area contributed by atoms with Gasteiger partial charge in [-0.2, -0.15) is 5.10 Å². The van der Waals surface area contributed by atoms with E-state index in [-0.39, 0.29) is 22.5 Å². The maximum Gasteiger partial charge on any atom is 0.257 e. The predicted molar refractivity (Wildman–Crippen MR) is 126 cm³/mol. The second-order valence-electron chi connectivity index (χ2n) is 8.88. The molecule has 168 valence electrons. The number of halogens is 2. The molecule has 2 aromatic carbocycles. The van der Waals surface area contributed by atoms with Crippen LogP contribution in [0, 0.1) is 5.92 Å². The second-order valence-corrected chi connectivity index (χ2v) is 9.67. The average Bonchev–Trinajstić information content (AvgIpc) is 3.17. The van der Waals surface area contributed by atoms with Gasteiger partial charge in [-0.25, -0.2) is 0 Å². The highest BCUT2D eigenvalue weighted by Crippen LogP contribution is 2.36. The van der Waals surface area contributed by atoms with Crippen molar-refractivity contribution in [3.8, 4) is 0 Å². The summed E-state index contributed by atoms with van der Waals surface area (Å²) in [6, 6.07) is 8.72. The van der Waals surface area contributed by atoms with Crippen LogP contribution in [0.3, 0.4) is 0 Å². The van der Waals surface area contributed by atoms with Crippen molar-refractivity contribution < 1.29 is 14.7 Å². The molecular weight excluding hydrogens is 449 g/mol. The molecular formula is C24H25Cl2N3O3. The minimum atomic E-state index is -1.21. The van der Waals surface area contributed by atoms with Gasteiger partial charge in [0, 0.05) is 28.8 Å². The van der Waals surface area contributed by atoms with E-state index in [0.29, 0.717) is 16.3 Å². The number of fused-ring (bicyclic) bond motifs is 1. The molecule has 3 aromatic rings. The molecule has 1 saturated carbocycles. The van der Waals surface area contributed by atoms with E-state index in [1.807, 2.05) is 16.9 Å². The Labute approximate surface area is 196 Å². The summed E-state index contributed by atoms with van der Waals surface area (Å²) >= 11 is 12.3. The lowest BCUT2D eigenvalue weighted by Gasteiger charge is -2.25. The predicted octanol–water partition coefficient (Wildman–Crippen LogP) is 5.75. The monoisotopic (exact) mass is 473 g/mol. The van der Waals surface area contributed by atoms with Gasteiger partial charge in [0.2, 0.25) is 0 Å². The molecule has 2 N–H and O–H groups in total. The summed E-state index contributed by atoms with van der Waals surface area (Å²) < 4.78 is 1.94. The zero-order chi connectivity index (χ0) is 23.0. The minimum Gasteiger partial charge on any atom is -0.386 e. The molecule has 1 aromatic heterocycles. The maximum atomic E-state index is 12.9. The van der Waals surface area contributed by atoms with Gasteiger partial charge in [0.05, 0.1) is 32.8 Å². The molecule has 1 amide bonds. The third kappa shape index (κ3) is 4.53. The number of carbonyl (C=O) groups is 2. The summed E-state index contributed by atoms with van der Waals surface area (Å²) in [6.07, 6.45) is 6.52. The number of carbonyl (C=O) groups excluding carboxylic acids is 2. The first-order valence-corrected chi connectivity index (χ1v) is 11.4. The number of hydrogen-bond donors (Lipinski definition) is 2. The minimum absolute atomic E-state index is 0.137. The first-order chi connectivity index (χ1) is 15.2. The number of aldehydes is 1. The van der Waals surface area contributed by atoms with Crippen molar-refractivity contribution in [2.24, 2.45) is 5.92 Å². The molecule has 1 aliphatic rings. The Hall–Kier alpha value is -2.41. The number of amides is 1. The molecule has 6 nitrogen and oxygen atoms in total. The van der Waals surface area contributed by atoms with Crippen LogP contribution >= 0.6 is 23.2 Å². The summed E-state index contributed by atoms with van der Waals surface area (Å²) in [4.78, 5) is 24.0. The van der Waals surface area contributed by atoms with Crippen molar-refractivity contribution in [2.75, 3.05) is 5.32 Å². The second kappa shape index (κ2) is 8.85. The number of nitrogens with one attached hydrogen (secondary N) is 1. The fourth-order valence-electron chi connectivity index (χ4n) is 4.26. The van der Waals surface area contributed by atoms with E-state index in [9.17, 15) is 14.7 Å². The van der Waals surface area contributed by atoms with Gasteiger partial charge in [-0.1, -0.05) is 29.3 Å². The van der Waals surface area contributed by atoms with Crippen molar-refractivity contribution in [1.82, 2.24) is 9.78 Å². The van der Waals surface area contributed by atoms with Gasteiger partial charge < -0.3 is 15.2 Å². The van der Waals surface area contributed by atoms with Gasteiger partial charge >= 0.3 is 0 Å². The standard InChI is InChI=1S/C24H25Cl2N3O3/c1-24(2,32)18-11-20-15(12-29(28-20)16-8-6-14(13-30)7-9-16)10-21(18)27-23(31)17-4-3-5-19(25)22(17)26/h3-5,10-14,16,32H,6-9H2,1-2H3,(H,27,31). The third-order valence-electron chi connectivity index (χ3n) is 6.07. The molecule has 8 heteroatoms. The Morgan fingerprint density at radius 2 is 1.94 bits per heavy atom. The summed E-state index contributed by atoms with van der Waals surface area (Å²) in [7, 11) is 0. The van der Waals surface area contributed by atoms with Crippen LogP contribution in [0.4, 0.5) is 5.69 Å². The third-order valence-corrected chi connectivity index (χ3v) is 6.89. The average molecular weight is 474 g/mol. The topological polar surface area (TPSA) is 84.2 Å². The highest BCUT2D eigenvalue weighted by Gasteiger charge is 2.26. The van der Waals surface area contributed by atoms with E-state index in [2.05, 4.69) is 5.32 Å². The van der Waals surface area contributed by atoms with Gasteiger partial charge in [0.15, 0.2) is 0 Å². The van der Waals surface area contributed by atoms with E-state index < -0.39 is 11.5 Å². The van der Waals surface area contributed by atoms with Crippen LogP contribution in [0.15, 0.2) is 36.5 Å². The lowest BCUT2D eigenvalue weighted by molar-refractivity contribution is -0.112. The molecule has 1 heterocycles. The zero-order valence-corrected chi connectivity index (χ0v) is 19.5.